The molecule has 0 saturated heterocycles. The van der Waals surface area contributed by atoms with Crippen LogP contribution in [-0.4, -0.2) is 17.6 Å². The molecule has 0 bridgehead atoms. The maximum absolute atomic E-state index is 12.1. The molecule has 0 radical (unpaired) electrons. The Labute approximate surface area is 111 Å². The molecule has 2 aromatic rings. The third-order valence-corrected chi connectivity index (χ3v) is 3.23. The van der Waals surface area contributed by atoms with Gasteiger partial charge in [-0.2, -0.15) is 0 Å². The zero-order valence-corrected chi connectivity index (χ0v) is 10.3. The fourth-order valence-corrected chi connectivity index (χ4v) is 2.21. The van der Waals surface area contributed by atoms with Crippen LogP contribution in [0.2, 0.25) is 0 Å². The third-order valence-electron chi connectivity index (χ3n) is 3.23. The second-order valence-corrected chi connectivity index (χ2v) is 4.52. The molecule has 1 aliphatic heterocycles. The number of carbonyl (C=O) groups excluding carboxylic acids is 1. The first-order chi connectivity index (χ1) is 9.24. The van der Waals surface area contributed by atoms with Gasteiger partial charge in [0.25, 0.3) is 5.91 Å². The Kier molecular flexibility index (Phi) is 2.83. The Morgan fingerprint density at radius 3 is 2.89 bits per heavy atom. The van der Waals surface area contributed by atoms with Crippen molar-refractivity contribution >= 4 is 17.3 Å². The Morgan fingerprint density at radius 1 is 1.21 bits per heavy atom. The van der Waals surface area contributed by atoms with Gasteiger partial charge in [0.2, 0.25) is 0 Å². The number of phenolic OH excluding ortho intramolecular Hbond substituents is 1. The summed E-state index contributed by atoms with van der Waals surface area (Å²) in [5.74, 6) is -0.159. The first-order valence-electron chi connectivity index (χ1n) is 6.20. The molecule has 19 heavy (non-hydrogen) atoms. The van der Waals surface area contributed by atoms with Crippen molar-refractivity contribution in [3.8, 4) is 5.75 Å². The van der Waals surface area contributed by atoms with E-state index in [-0.39, 0.29) is 11.7 Å². The second-order valence-electron chi connectivity index (χ2n) is 4.52. The van der Waals surface area contributed by atoms with Gasteiger partial charge in [-0.05, 0) is 36.2 Å². The lowest BCUT2D eigenvalue weighted by molar-refractivity contribution is 0.102. The van der Waals surface area contributed by atoms with Gasteiger partial charge in [-0.3, -0.25) is 4.79 Å². The summed E-state index contributed by atoms with van der Waals surface area (Å²) < 4.78 is 0. The van der Waals surface area contributed by atoms with Gasteiger partial charge < -0.3 is 15.7 Å². The minimum absolute atomic E-state index is 0.0649. The standard InChI is InChI=1S/C15H14N2O2/c18-14-4-2-1-3-12(14)17-15(19)11-6-5-10-7-8-16-13(10)9-11/h1-6,9,16,18H,7-8H2,(H,17,19). The minimum Gasteiger partial charge on any atom is -0.506 e. The van der Waals surface area contributed by atoms with Gasteiger partial charge in [0, 0.05) is 17.8 Å². The number of hydrogen-bond donors (Lipinski definition) is 3. The number of phenols is 1. The Bertz CT molecular complexity index is 638. The number of anilines is 2. The molecule has 4 nitrogen and oxygen atoms in total. The number of fused-ring (bicyclic) bond motifs is 1. The van der Waals surface area contributed by atoms with Crippen LogP contribution in [0.25, 0.3) is 0 Å². The molecular weight excluding hydrogens is 240 g/mol. The predicted molar refractivity (Wildman–Crippen MR) is 74.7 cm³/mol. The van der Waals surface area contributed by atoms with E-state index in [1.165, 1.54) is 5.56 Å². The van der Waals surface area contributed by atoms with E-state index >= 15 is 0 Å². The lowest BCUT2D eigenvalue weighted by Crippen LogP contribution is -2.12. The van der Waals surface area contributed by atoms with E-state index in [9.17, 15) is 9.90 Å². The van der Waals surface area contributed by atoms with Crippen molar-refractivity contribution in [2.45, 2.75) is 6.42 Å². The lowest BCUT2D eigenvalue weighted by atomic mass is 10.1. The van der Waals surface area contributed by atoms with Crippen LogP contribution in [0.15, 0.2) is 42.5 Å². The average molecular weight is 254 g/mol. The van der Waals surface area contributed by atoms with Crippen molar-refractivity contribution in [2.75, 3.05) is 17.2 Å². The van der Waals surface area contributed by atoms with Crippen molar-refractivity contribution in [1.82, 2.24) is 0 Å². The summed E-state index contributed by atoms with van der Waals surface area (Å²) in [5.41, 5.74) is 3.25. The maximum Gasteiger partial charge on any atom is 0.255 e. The molecule has 2 aromatic carbocycles. The largest absolute Gasteiger partial charge is 0.506 e. The molecule has 0 saturated carbocycles. The fourth-order valence-electron chi connectivity index (χ4n) is 2.21. The Hall–Kier alpha value is -2.49. The predicted octanol–water partition coefficient (Wildman–Crippen LogP) is 2.61. The minimum atomic E-state index is -0.224. The highest BCUT2D eigenvalue weighted by molar-refractivity contribution is 6.05. The van der Waals surface area contributed by atoms with Gasteiger partial charge in [0.15, 0.2) is 0 Å². The summed E-state index contributed by atoms with van der Waals surface area (Å²) in [6.45, 7) is 0.917. The number of hydrogen-bond acceptors (Lipinski definition) is 3. The molecular formula is C15H14N2O2. The molecule has 1 heterocycles. The van der Waals surface area contributed by atoms with Gasteiger partial charge >= 0.3 is 0 Å². The van der Waals surface area contributed by atoms with Crippen LogP contribution in [0.3, 0.4) is 0 Å². The molecule has 1 aliphatic rings. The number of para-hydroxylation sites is 2. The first kappa shape index (κ1) is 11.6. The van der Waals surface area contributed by atoms with Gasteiger partial charge in [0.05, 0.1) is 5.69 Å². The van der Waals surface area contributed by atoms with Gasteiger partial charge in [-0.15, -0.1) is 0 Å². The molecule has 0 fully saturated rings. The van der Waals surface area contributed by atoms with Gasteiger partial charge in [0.1, 0.15) is 5.75 Å². The maximum atomic E-state index is 12.1. The fraction of sp³-hybridized carbons (Fsp3) is 0.133. The van der Waals surface area contributed by atoms with E-state index in [4.69, 9.17) is 0 Å². The molecule has 4 heteroatoms. The number of nitrogens with one attached hydrogen (secondary N) is 2. The van der Waals surface area contributed by atoms with Crippen LogP contribution < -0.4 is 10.6 Å². The third kappa shape index (κ3) is 2.25. The van der Waals surface area contributed by atoms with Crippen LogP contribution in [0.4, 0.5) is 11.4 Å². The topological polar surface area (TPSA) is 61.4 Å². The van der Waals surface area contributed by atoms with E-state index in [0.717, 1.165) is 18.7 Å². The molecule has 1 amide bonds. The van der Waals surface area contributed by atoms with Crippen molar-refractivity contribution in [3.05, 3.63) is 53.6 Å². The first-order valence-corrected chi connectivity index (χ1v) is 6.20. The molecule has 0 aliphatic carbocycles. The quantitative estimate of drug-likeness (QED) is 0.722. The highest BCUT2D eigenvalue weighted by atomic mass is 16.3. The summed E-state index contributed by atoms with van der Waals surface area (Å²) in [5, 5.41) is 15.6. The molecule has 0 aromatic heterocycles. The molecule has 3 rings (SSSR count). The van der Waals surface area contributed by atoms with Crippen LogP contribution >= 0.6 is 0 Å². The SMILES string of the molecule is O=C(Nc1ccccc1O)c1ccc2c(c1)NCC2. The highest BCUT2D eigenvalue weighted by Crippen LogP contribution is 2.25. The number of aromatic hydroxyl groups is 1. The zero-order chi connectivity index (χ0) is 13.2. The van der Waals surface area contributed by atoms with Gasteiger partial charge in [-0.25, -0.2) is 0 Å². The summed E-state index contributed by atoms with van der Waals surface area (Å²) in [6.07, 6.45) is 0.997. The van der Waals surface area contributed by atoms with Crippen LogP contribution in [-0.2, 0) is 6.42 Å². The van der Waals surface area contributed by atoms with E-state index in [1.807, 2.05) is 12.1 Å². The van der Waals surface area contributed by atoms with Crippen LogP contribution in [0.5, 0.6) is 5.75 Å². The Morgan fingerprint density at radius 2 is 2.05 bits per heavy atom. The monoisotopic (exact) mass is 254 g/mol. The molecule has 3 N–H and O–H groups in total. The summed E-state index contributed by atoms with van der Waals surface area (Å²) in [4.78, 5) is 12.1. The summed E-state index contributed by atoms with van der Waals surface area (Å²) in [7, 11) is 0. The second kappa shape index (κ2) is 4.65. The zero-order valence-electron chi connectivity index (χ0n) is 10.3. The van der Waals surface area contributed by atoms with Crippen LogP contribution in [0.1, 0.15) is 15.9 Å². The summed E-state index contributed by atoms with van der Waals surface area (Å²) in [6, 6.07) is 12.3. The molecule has 96 valence electrons. The molecule has 0 unspecified atom stereocenters. The number of amides is 1. The van der Waals surface area contributed by atoms with E-state index < -0.39 is 0 Å². The summed E-state index contributed by atoms with van der Waals surface area (Å²) >= 11 is 0. The normalized spacial score (nSPS) is 12.6. The van der Waals surface area contributed by atoms with Crippen LogP contribution in [0, 0.1) is 0 Å². The van der Waals surface area contributed by atoms with Crippen molar-refractivity contribution in [2.24, 2.45) is 0 Å². The highest BCUT2D eigenvalue weighted by Gasteiger charge is 2.14. The van der Waals surface area contributed by atoms with E-state index in [2.05, 4.69) is 10.6 Å². The van der Waals surface area contributed by atoms with Crippen molar-refractivity contribution < 1.29 is 9.90 Å². The molecule has 0 spiro atoms. The smallest absolute Gasteiger partial charge is 0.255 e. The Balaban J connectivity index is 1.83. The lowest BCUT2D eigenvalue weighted by Gasteiger charge is -2.08. The van der Waals surface area contributed by atoms with Gasteiger partial charge in [-0.1, -0.05) is 18.2 Å². The van der Waals surface area contributed by atoms with Crippen molar-refractivity contribution in [3.63, 3.8) is 0 Å². The number of rotatable bonds is 2. The molecule has 0 atom stereocenters. The number of carbonyl (C=O) groups is 1. The van der Waals surface area contributed by atoms with E-state index in [1.54, 1.807) is 30.3 Å². The van der Waals surface area contributed by atoms with E-state index in [0.29, 0.717) is 11.3 Å². The average Bonchev–Trinajstić information content (AvgIpc) is 2.88. The number of benzene rings is 2. The van der Waals surface area contributed by atoms with Crippen molar-refractivity contribution in [1.29, 1.82) is 0 Å².